The van der Waals surface area contributed by atoms with E-state index in [9.17, 15) is 23.1 Å². The van der Waals surface area contributed by atoms with Crippen LogP contribution in [0.2, 0.25) is 0 Å². The Morgan fingerprint density at radius 3 is 2.44 bits per heavy atom. The van der Waals surface area contributed by atoms with Crippen LogP contribution >= 0.6 is 0 Å². The van der Waals surface area contributed by atoms with Gasteiger partial charge < -0.3 is 10.0 Å². The van der Waals surface area contributed by atoms with Crippen molar-refractivity contribution in [2.75, 3.05) is 6.54 Å². The number of carboxylic acid groups (broad SMARTS) is 1. The Morgan fingerprint density at radius 2 is 1.78 bits per heavy atom. The topological polar surface area (TPSA) is 91.8 Å². The van der Waals surface area contributed by atoms with E-state index in [1.54, 1.807) is 49.1 Å². The zero-order valence-corrected chi connectivity index (χ0v) is 16.0. The van der Waals surface area contributed by atoms with Gasteiger partial charge in [-0.25, -0.2) is 13.2 Å². The lowest BCUT2D eigenvalue weighted by molar-refractivity contribution is 0.0696. The number of rotatable bonds is 4. The quantitative estimate of drug-likeness (QED) is 0.871. The van der Waals surface area contributed by atoms with Crippen LogP contribution in [0.15, 0.2) is 47.4 Å². The maximum atomic E-state index is 13.1. The predicted octanol–water partition coefficient (Wildman–Crippen LogP) is 2.77. The highest BCUT2D eigenvalue weighted by Crippen LogP contribution is 2.26. The molecule has 0 bridgehead atoms. The second kappa shape index (κ2) is 7.15. The lowest BCUT2D eigenvalue weighted by Gasteiger charge is -2.30. The van der Waals surface area contributed by atoms with Gasteiger partial charge in [-0.15, -0.1) is 0 Å². The Balaban J connectivity index is 1.95. The number of carbonyl (C=O) groups is 2. The molecule has 1 amide bonds. The first-order valence-electron chi connectivity index (χ1n) is 8.69. The Morgan fingerprint density at radius 1 is 1.07 bits per heavy atom. The third kappa shape index (κ3) is 3.60. The first-order valence-corrected chi connectivity index (χ1v) is 10.2. The van der Waals surface area contributed by atoms with Gasteiger partial charge in [0.2, 0.25) is 0 Å². The van der Waals surface area contributed by atoms with Gasteiger partial charge in [-0.2, -0.15) is 0 Å². The average Bonchev–Trinajstić information content (AvgIpc) is 2.66. The first-order chi connectivity index (χ1) is 12.7. The minimum absolute atomic E-state index is 0.0371. The number of hydrogen-bond donors (Lipinski definition) is 1. The van der Waals surface area contributed by atoms with E-state index >= 15 is 0 Å². The summed E-state index contributed by atoms with van der Waals surface area (Å²) in [5.41, 5.74) is 2.11. The summed E-state index contributed by atoms with van der Waals surface area (Å²) in [4.78, 5) is 25.9. The molecule has 0 fully saturated rings. The van der Waals surface area contributed by atoms with Gasteiger partial charge in [0.05, 0.1) is 21.3 Å². The van der Waals surface area contributed by atoms with Gasteiger partial charge in [0.1, 0.15) is 0 Å². The summed E-state index contributed by atoms with van der Waals surface area (Å²) in [6, 6.07) is 11.2. The van der Waals surface area contributed by atoms with Crippen molar-refractivity contribution in [3.05, 3.63) is 64.7 Å². The molecule has 0 unspecified atom stereocenters. The van der Waals surface area contributed by atoms with Crippen LogP contribution < -0.4 is 0 Å². The van der Waals surface area contributed by atoms with Gasteiger partial charge in [-0.1, -0.05) is 18.2 Å². The SMILES string of the molecule is CC(C)S(=O)(=O)c1ccccc1C(=O)N1CCc2ccc(C(=O)O)cc2C1. The van der Waals surface area contributed by atoms with Crippen molar-refractivity contribution in [1.82, 2.24) is 4.90 Å². The van der Waals surface area contributed by atoms with E-state index in [0.29, 0.717) is 13.0 Å². The molecule has 6 nitrogen and oxygen atoms in total. The first kappa shape index (κ1) is 19.1. The molecule has 2 aromatic rings. The molecule has 3 rings (SSSR count). The molecule has 2 aromatic carbocycles. The lowest BCUT2D eigenvalue weighted by atomic mass is 9.97. The van der Waals surface area contributed by atoms with Crippen LogP contribution in [0.25, 0.3) is 0 Å². The largest absolute Gasteiger partial charge is 0.478 e. The van der Waals surface area contributed by atoms with E-state index in [4.69, 9.17) is 0 Å². The van der Waals surface area contributed by atoms with Gasteiger partial charge in [-0.3, -0.25) is 4.79 Å². The maximum absolute atomic E-state index is 13.1. The summed E-state index contributed by atoms with van der Waals surface area (Å²) in [6.45, 7) is 3.88. The van der Waals surface area contributed by atoms with E-state index in [1.165, 1.54) is 12.1 Å². The third-order valence-electron chi connectivity index (χ3n) is 4.80. The molecular weight excluding hydrogens is 366 g/mol. The van der Waals surface area contributed by atoms with Crippen LogP contribution in [0.1, 0.15) is 45.7 Å². The molecule has 0 saturated heterocycles. The number of aromatic carboxylic acids is 1. The number of sulfone groups is 1. The van der Waals surface area contributed by atoms with Crippen LogP contribution in [0.5, 0.6) is 0 Å². The highest BCUT2D eigenvalue weighted by molar-refractivity contribution is 7.92. The second-order valence-electron chi connectivity index (χ2n) is 6.86. The molecular formula is C20H21NO5S. The monoisotopic (exact) mass is 387 g/mol. The molecule has 1 heterocycles. The Bertz CT molecular complexity index is 1010. The summed E-state index contributed by atoms with van der Waals surface area (Å²) < 4.78 is 25.2. The minimum Gasteiger partial charge on any atom is -0.478 e. The summed E-state index contributed by atoms with van der Waals surface area (Å²) in [5, 5.41) is 8.54. The summed E-state index contributed by atoms with van der Waals surface area (Å²) in [6.07, 6.45) is 0.597. The summed E-state index contributed by atoms with van der Waals surface area (Å²) >= 11 is 0. The van der Waals surface area contributed by atoms with Crippen molar-refractivity contribution in [2.45, 2.75) is 37.0 Å². The number of nitrogens with zero attached hydrogens (tertiary/aromatic N) is 1. The zero-order chi connectivity index (χ0) is 19.8. The summed E-state index contributed by atoms with van der Waals surface area (Å²) in [5.74, 6) is -1.38. The fraction of sp³-hybridized carbons (Fsp3) is 0.300. The molecule has 0 radical (unpaired) electrons. The number of fused-ring (bicyclic) bond motifs is 1. The molecule has 1 aliphatic heterocycles. The molecule has 0 aromatic heterocycles. The average molecular weight is 387 g/mol. The molecule has 1 N–H and O–H groups in total. The number of carbonyl (C=O) groups excluding carboxylic acids is 1. The summed E-state index contributed by atoms with van der Waals surface area (Å²) in [7, 11) is -3.59. The number of hydrogen-bond acceptors (Lipinski definition) is 4. The Hall–Kier alpha value is -2.67. The zero-order valence-electron chi connectivity index (χ0n) is 15.2. The van der Waals surface area contributed by atoms with Crippen LogP contribution in [0, 0.1) is 0 Å². The van der Waals surface area contributed by atoms with E-state index in [-0.39, 0.29) is 28.5 Å². The van der Waals surface area contributed by atoms with Crippen LogP contribution in [-0.4, -0.2) is 42.1 Å². The fourth-order valence-electron chi connectivity index (χ4n) is 3.18. The van der Waals surface area contributed by atoms with Gasteiger partial charge in [0, 0.05) is 13.1 Å². The Kier molecular flexibility index (Phi) is 5.06. The highest BCUT2D eigenvalue weighted by atomic mass is 32.2. The maximum Gasteiger partial charge on any atom is 0.335 e. The molecule has 142 valence electrons. The van der Waals surface area contributed by atoms with Crippen molar-refractivity contribution in [3.8, 4) is 0 Å². The van der Waals surface area contributed by atoms with E-state index in [1.807, 2.05) is 0 Å². The lowest BCUT2D eigenvalue weighted by Crippen LogP contribution is -2.37. The minimum atomic E-state index is -3.59. The normalized spacial score (nSPS) is 14.1. The number of amides is 1. The Labute approximate surface area is 158 Å². The van der Waals surface area contributed by atoms with Gasteiger partial charge in [0.15, 0.2) is 9.84 Å². The molecule has 0 saturated carbocycles. The van der Waals surface area contributed by atoms with Crippen LogP contribution in [0.3, 0.4) is 0 Å². The van der Waals surface area contributed by atoms with Gasteiger partial charge in [-0.05, 0) is 55.7 Å². The number of benzene rings is 2. The van der Waals surface area contributed by atoms with E-state index in [2.05, 4.69) is 0 Å². The smallest absolute Gasteiger partial charge is 0.335 e. The molecule has 7 heteroatoms. The third-order valence-corrected chi connectivity index (χ3v) is 7.01. The van der Waals surface area contributed by atoms with Crippen molar-refractivity contribution in [2.24, 2.45) is 0 Å². The molecule has 0 spiro atoms. The second-order valence-corrected chi connectivity index (χ2v) is 9.33. The van der Waals surface area contributed by atoms with Crippen molar-refractivity contribution < 1.29 is 23.1 Å². The molecule has 27 heavy (non-hydrogen) atoms. The van der Waals surface area contributed by atoms with Crippen molar-refractivity contribution in [3.63, 3.8) is 0 Å². The molecule has 0 aliphatic carbocycles. The number of carboxylic acids is 1. The van der Waals surface area contributed by atoms with Crippen LogP contribution in [-0.2, 0) is 22.8 Å². The molecule has 1 aliphatic rings. The van der Waals surface area contributed by atoms with Crippen molar-refractivity contribution in [1.29, 1.82) is 0 Å². The van der Waals surface area contributed by atoms with Gasteiger partial charge in [0.25, 0.3) is 5.91 Å². The van der Waals surface area contributed by atoms with Gasteiger partial charge >= 0.3 is 5.97 Å². The predicted molar refractivity (Wildman–Crippen MR) is 101 cm³/mol. The van der Waals surface area contributed by atoms with E-state index < -0.39 is 21.1 Å². The van der Waals surface area contributed by atoms with Crippen LogP contribution in [0.4, 0.5) is 0 Å². The van der Waals surface area contributed by atoms with Crippen molar-refractivity contribution >= 4 is 21.7 Å². The molecule has 0 atom stereocenters. The fourth-order valence-corrected chi connectivity index (χ4v) is 4.42. The highest BCUT2D eigenvalue weighted by Gasteiger charge is 2.29. The standard InChI is InChI=1S/C20H21NO5S/c1-13(2)27(25,26)18-6-4-3-5-17(18)19(22)21-10-9-14-7-8-15(20(23)24)11-16(14)12-21/h3-8,11,13H,9-10,12H2,1-2H3,(H,23,24). The van der Waals surface area contributed by atoms with E-state index in [0.717, 1.165) is 11.1 Å².